The molecule has 2 amide bonds. The van der Waals surface area contributed by atoms with Gasteiger partial charge in [-0.1, -0.05) is 30.3 Å². The molecule has 0 aliphatic carbocycles. The van der Waals surface area contributed by atoms with Crippen LogP contribution in [0.5, 0.6) is 11.5 Å². The zero-order valence-corrected chi connectivity index (χ0v) is 23.2. The third-order valence-electron chi connectivity index (χ3n) is 7.48. The molecule has 42 heavy (non-hydrogen) atoms. The van der Waals surface area contributed by atoms with E-state index in [9.17, 15) is 14.0 Å². The molecule has 8 nitrogen and oxygen atoms in total. The second-order valence-corrected chi connectivity index (χ2v) is 10.3. The Morgan fingerprint density at radius 1 is 0.905 bits per heavy atom. The Kier molecular flexibility index (Phi) is 7.31. The lowest BCUT2D eigenvalue weighted by molar-refractivity contribution is -0.118. The molecule has 0 bridgehead atoms. The maximum absolute atomic E-state index is 13.4. The van der Waals surface area contributed by atoms with Gasteiger partial charge in [-0.2, -0.15) is 0 Å². The number of amides is 2. The topological polar surface area (TPSA) is 93.7 Å². The van der Waals surface area contributed by atoms with Crippen molar-refractivity contribution in [1.29, 1.82) is 0 Å². The van der Waals surface area contributed by atoms with E-state index < -0.39 is 5.91 Å². The number of para-hydroxylation sites is 1. The summed E-state index contributed by atoms with van der Waals surface area (Å²) in [5, 5.41) is 0. The summed E-state index contributed by atoms with van der Waals surface area (Å²) in [5.74, 6) is 1.08. The van der Waals surface area contributed by atoms with Crippen molar-refractivity contribution in [1.82, 2.24) is 14.5 Å². The number of fused-ring (bicyclic) bond motifs is 1. The minimum Gasteiger partial charge on any atom is -0.457 e. The Morgan fingerprint density at radius 3 is 2.40 bits per heavy atom. The van der Waals surface area contributed by atoms with Gasteiger partial charge in [0.15, 0.2) is 0 Å². The molecule has 1 aliphatic rings. The fourth-order valence-electron chi connectivity index (χ4n) is 5.30. The van der Waals surface area contributed by atoms with E-state index in [1.807, 2.05) is 66.4 Å². The number of halogens is 1. The van der Waals surface area contributed by atoms with Gasteiger partial charge in [0.25, 0.3) is 5.91 Å². The molecule has 0 saturated carbocycles. The number of nitrogens with two attached hydrogens (primary N) is 1. The van der Waals surface area contributed by atoms with Crippen LogP contribution in [0, 0.1) is 12.7 Å². The number of nitrogens with zero attached hydrogens (tertiary/aromatic N) is 4. The van der Waals surface area contributed by atoms with Crippen LogP contribution in [-0.2, 0) is 11.3 Å². The van der Waals surface area contributed by atoms with Crippen LogP contribution in [0.1, 0.15) is 15.9 Å². The standard InChI is InChI=1S/C33H30FN5O3/c1-22-5-2-3-8-30(22)42-27-7-4-6-23(19-27)32-36-28-20-24(9-14-29(28)39(32)21-31(35)40)33(41)38-17-15-37(16-18-38)26-12-10-25(34)11-13-26/h2-14,19-20H,15-18,21H2,1H3,(H2,35,40). The molecule has 212 valence electrons. The van der Waals surface area contributed by atoms with Gasteiger partial charge < -0.3 is 24.8 Å². The van der Waals surface area contributed by atoms with Gasteiger partial charge in [-0.15, -0.1) is 0 Å². The minimum atomic E-state index is -0.498. The van der Waals surface area contributed by atoms with Crippen LogP contribution in [0.4, 0.5) is 10.1 Å². The number of carbonyl (C=O) groups is 2. The first kappa shape index (κ1) is 27.0. The van der Waals surface area contributed by atoms with Gasteiger partial charge in [0.05, 0.1) is 11.0 Å². The summed E-state index contributed by atoms with van der Waals surface area (Å²) in [5.41, 5.74) is 10.1. The van der Waals surface area contributed by atoms with Gasteiger partial charge in [0, 0.05) is 43.0 Å². The fourth-order valence-corrected chi connectivity index (χ4v) is 5.30. The molecule has 1 fully saturated rings. The molecule has 1 aromatic heterocycles. The van der Waals surface area contributed by atoms with Gasteiger partial charge in [-0.3, -0.25) is 9.59 Å². The summed E-state index contributed by atoms with van der Waals surface area (Å²) >= 11 is 0. The lowest BCUT2D eigenvalue weighted by Crippen LogP contribution is -2.48. The van der Waals surface area contributed by atoms with E-state index in [0.29, 0.717) is 54.3 Å². The number of anilines is 1. The first-order chi connectivity index (χ1) is 20.4. The van der Waals surface area contributed by atoms with Gasteiger partial charge >= 0.3 is 0 Å². The smallest absolute Gasteiger partial charge is 0.254 e. The average Bonchev–Trinajstić information content (AvgIpc) is 3.35. The van der Waals surface area contributed by atoms with Crippen LogP contribution < -0.4 is 15.4 Å². The summed E-state index contributed by atoms with van der Waals surface area (Å²) in [4.78, 5) is 34.3. The maximum atomic E-state index is 13.4. The number of aromatic nitrogens is 2. The number of piperazine rings is 1. The highest BCUT2D eigenvalue weighted by Crippen LogP contribution is 2.31. The first-order valence-electron chi connectivity index (χ1n) is 13.8. The minimum absolute atomic E-state index is 0.0622. The Bertz CT molecular complexity index is 1770. The highest BCUT2D eigenvalue weighted by molar-refractivity contribution is 5.98. The molecule has 0 atom stereocenters. The predicted molar refractivity (Wildman–Crippen MR) is 160 cm³/mol. The molecule has 0 spiro atoms. The number of rotatable bonds is 7. The molecule has 6 rings (SSSR count). The van der Waals surface area contributed by atoms with E-state index in [0.717, 1.165) is 22.6 Å². The lowest BCUT2D eigenvalue weighted by Gasteiger charge is -2.36. The third kappa shape index (κ3) is 5.54. The number of hydrogen-bond donors (Lipinski definition) is 1. The second-order valence-electron chi connectivity index (χ2n) is 10.3. The molecular formula is C33H30FN5O3. The molecular weight excluding hydrogens is 533 g/mol. The van der Waals surface area contributed by atoms with E-state index in [1.54, 1.807) is 28.8 Å². The quantitative estimate of drug-likeness (QED) is 0.287. The average molecular weight is 564 g/mol. The Morgan fingerprint density at radius 2 is 1.67 bits per heavy atom. The van der Waals surface area contributed by atoms with Gasteiger partial charge in [-0.25, -0.2) is 9.37 Å². The largest absolute Gasteiger partial charge is 0.457 e. The van der Waals surface area contributed by atoms with Crippen LogP contribution in [0.3, 0.4) is 0 Å². The van der Waals surface area contributed by atoms with Crippen LogP contribution in [-0.4, -0.2) is 52.4 Å². The molecule has 0 radical (unpaired) electrons. The molecule has 1 aliphatic heterocycles. The third-order valence-corrected chi connectivity index (χ3v) is 7.48. The number of hydrogen-bond acceptors (Lipinski definition) is 5. The number of imidazole rings is 1. The van der Waals surface area contributed by atoms with Crippen molar-refractivity contribution in [3.8, 4) is 22.9 Å². The number of carbonyl (C=O) groups excluding carboxylic acids is 2. The highest BCUT2D eigenvalue weighted by Gasteiger charge is 2.24. The maximum Gasteiger partial charge on any atom is 0.254 e. The molecule has 4 aromatic carbocycles. The van der Waals surface area contributed by atoms with Crippen LogP contribution in [0.25, 0.3) is 22.4 Å². The molecule has 9 heteroatoms. The van der Waals surface area contributed by atoms with E-state index in [4.69, 9.17) is 15.5 Å². The van der Waals surface area contributed by atoms with Crippen molar-refractivity contribution in [3.63, 3.8) is 0 Å². The molecule has 2 heterocycles. The van der Waals surface area contributed by atoms with Crippen LogP contribution in [0.15, 0.2) is 91.0 Å². The molecule has 2 N–H and O–H groups in total. The Hall–Kier alpha value is -5.18. The van der Waals surface area contributed by atoms with E-state index in [-0.39, 0.29) is 18.3 Å². The molecule has 0 unspecified atom stereocenters. The monoisotopic (exact) mass is 563 g/mol. The number of aryl methyl sites for hydroxylation is 1. The van der Waals surface area contributed by atoms with Crippen molar-refractivity contribution in [3.05, 3.63) is 108 Å². The Labute approximate surface area is 242 Å². The van der Waals surface area contributed by atoms with E-state index >= 15 is 0 Å². The van der Waals surface area contributed by atoms with Crippen molar-refractivity contribution >= 4 is 28.5 Å². The summed E-state index contributed by atoms with van der Waals surface area (Å²) in [6.07, 6.45) is 0. The van der Waals surface area contributed by atoms with E-state index in [2.05, 4.69) is 4.90 Å². The number of benzene rings is 4. The van der Waals surface area contributed by atoms with Gasteiger partial charge in [0.1, 0.15) is 29.7 Å². The number of ether oxygens (including phenoxy) is 1. The SMILES string of the molecule is Cc1ccccc1Oc1cccc(-c2nc3cc(C(=O)N4CCN(c5ccc(F)cc5)CC4)ccc3n2CC(N)=O)c1. The Balaban J connectivity index is 1.26. The fraction of sp³-hybridized carbons (Fsp3) is 0.182. The highest BCUT2D eigenvalue weighted by atomic mass is 19.1. The van der Waals surface area contributed by atoms with Crippen molar-refractivity contribution in [2.45, 2.75) is 13.5 Å². The van der Waals surface area contributed by atoms with Gasteiger partial charge in [-0.05, 0) is 73.2 Å². The summed E-state index contributed by atoms with van der Waals surface area (Å²) in [6, 6.07) is 27.0. The van der Waals surface area contributed by atoms with Crippen molar-refractivity contribution in [2.24, 2.45) is 5.73 Å². The van der Waals surface area contributed by atoms with Crippen molar-refractivity contribution < 1.29 is 18.7 Å². The normalized spacial score (nSPS) is 13.4. The summed E-state index contributed by atoms with van der Waals surface area (Å²) in [6.45, 7) is 4.31. The zero-order valence-electron chi connectivity index (χ0n) is 23.2. The zero-order chi connectivity index (χ0) is 29.2. The summed E-state index contributed by atoms with van der Waals surface area (Å²) < 4.78 is 21.2. The van der Waals surface area contributed by atoms with E-state index in [1.165, 1.54) is 12.1 Å². The molecule has 5 aromatic rings. The van der Waals surface area contributed by atoms with Crippen LogP contribution in [0.2, 0.25) is 0 Å². The van der Waals surface area contributed by atoms with Crippen molar-refractivity contribution in [2.75, 3.05) is 31.1 Å². The second kappa shape index (κ2) is 11.4. The lowest BCUT2D eigenvalue weighted by atomic mass is 10.1. The van der Waals surface area contributed by atoms with Gasteiger partial charge in [0.2, 0.25) is 5.91 Å². The van der Waals surface area contributed by atoms with Crippen LogP contribution >= 0.6 is 0 Å². The predicted octanol–water partition coefficient (Wildman–Crippen LogP) is 5.39. The number of primary amides is 1. The molecule has 1 saturated heterocycles. The summed E-state index contributed by atoms with van der Waals surface area (Å²) in [7, 11) is 0. The first-order valence-corrected chi connectivity index (χ1v) is 13.8.